The van der Waals surface area contributed by atoms with Crippen molar-refractivity contribution in [3.05, 3.63) is 95.8 Å². The second-order valence-electron chi connectivity index (χ2n) is 10.6. The maximum absolute atomic E-state index is 5.02. The van der Waals surface area contributed by atoms with Gasteiger partial charge in [-0.3, -0.25) is 4.57 Å². The van der Waals surface area contributed by atoms with E-state index in [0.717, 1.165) is 17.8 Å². The lowest BCUT2D eigenvalue weighted by molar-refractivity contribution is 0.481. The molecule has 1 heterocycles. The third-order valence-electron chi connectivity index (χ3n) is 7.11. The lowest BCUT2D eigenvalue weighted by Gasteiger charge is -2.30. The van der Waals surface area contributed by atoms with E-state index in [4.69, 9.17) is 4.98 Å². The van der Waals surface area contributed by atoms with Crippen molar-refractivity contribution in [2.75, 3.05) is 0 Å². The number of imidazole rings is 1. The second kappa shape index (κ2) is 9.62. The van der Waals surface area contributed by atoms with Gasteiger partial charge < -0.3 is 0 Å². The molecule has 2 nitrogen and oxygen atoms in total. The molecule has 0 aliphatic heterocycles. The van der Waals surface area contributed by atoms with Crippen molar-refractivity contribution < 1.29 is 0 Å². The van der Waals surface area contributed by atoms with Crippen LogP contribution >= 0.6 is 0 Å². The van der Waals surface area contributed by atoms with E-state index in [1.807, 2.05) is 0 Å². The van der Waals surface area contributed by atoms with E-state index in [9.17, 15) is 0 Å². The SMILES string of the molecule is CCC(C)(C)c1cnc(-c2ccccc2)n1-c1c(C(C)C)cc(-c2ccccc2)cc1C(C)C. The minimum Gasteiger partial charge on any atom is -0.296 e. The molecular weight excluding hydrogens is 412 g/mol. The molecular formula is C32H38N2. The number of benzene rings is 3. The van der Waals surface area contributed by atoms with Crippen LogP contribution in [0.3, 0.4) is 0 Å². The molecule has 0 radical (unpaired) electrons. The summed E-state index contributed by atoms with van der Waals surface area (Å²) in [5, 5.41) is 0. The predicted molar refractivity (Wildman–Crippen MR) is 146 cm³/mol. The molecule has 176 valence electrons. The molecule has 0 spiro atoms. The van der Waals surface area contributed by atoms with Gasteiger partial charge >= 0.3 is 0 Å². The number of aromatic nitrogens is 2. The van der Waals surface area contributed by atoms with Crippen LogP contribution in [0.25, 0.3) is 28.2 Å². The van der Waals surface area contributed by atoms with Crippen LogP contribution in [-0.2, 0) is 5.41 Å². The summed E-state index contributed by atoms with van der Waals surface area (Å²) in [5.74, 6) is 1.77. The monoisotopic (exact) mass is 450 g/mol. The van der Waals surface area contributed by atoms with Crippen molar-refractivity contribution in [3.63, 3.8) is 0 Å². The number of hydrogen-bond donors (Lipinski definition) is 0. The zero-order chi connectivity index (χ0) is 24.5. The van der Waals surface area contributed by atoms with E-state index < -0.39 is 0 Å². The van der Waals surface area contributed by atoms with Crippen LogP contribution in [0.2, 0.25) is 0 Å². The Labute approximate surface area is 205 Å². The molecule has 0 saturated carbocycles. The van der Waals surface area contributed by atoms with Gasteiger partial charge in [-0.2, -0.15) is 0 Å². The smallest absolute Gasteiger partial charge is 0.144 e. The maximum atomic E-state index is 5.02. The molecule has 0 N–H and O–H groups in total. The molecule has 0 saturated heterocycles. The first kappa shape index (κ1) is 24.0. The van der Waals surface area contributed by atoms with E-state index >= 15 is 0 Å². The molecule has 1 aromatic heterocycles. The average molecular weight is 451 g/mol. The van der Waals surface area contributed by atoms with E-state index in [-0.39, 0.29) is 5.41 Å². The second-order valence-corrected chi connectivity index (χ2v) is 10.6. The summed E-state index contributed by atoms with van der Waals surface area (Å²) in [6, 6.07) is 26.2. The Morgan fingerprint density at radius 2 is 1.24 bits per heavy atom. The molecule has 3 aromatic carbocycles. The Balaban J connectivity index is 2.11. The fourth-order valence-corrected chi connectivity index (χ4v) is 4.64. The van der Waals surface area contributed by atoms with Gasteiger partial charge in [0.1, 0.15) is 5.82 Å². The van der Waals surface area contributed by atoms with Gasteiger partial charge in [0.15, 0.2) is 0 Å². The van der Waals surface area contributed by atoms with Crippen LogP contribution in [0.1, 0.15) is 83.5 Å². The van der Waals surface area contributed by atoms with Crippen molar-refractivity contribution in [1.29, 1.82) is 0 Å². The minimum atomic E-state index is 0.000626. The molecule has 2 heteroatoms. The first-order valence-electron chi connectivity index (χ1n) is 12.6. The fourth-order valence-electron chi connectivity index (χ4n) is 4.64. The quantitative estimate of drug-likeness (QED) is 0.274. The highest BCUT2D eigenvalue weighted by molar-refractivity contribution is 5.72. The lowest BCUT2D eigenvalue weighted by atomic mass is 9.84. The molecule has 0 bridgehead atoms. The van der Waals surface area contributed by atoms with Crippen LogP contribution in [0.4, 0.5) is 0 Å². The highest BCUT2D eigenvalue weighted by atomic mass is 15.1. The topological polar surface area (TPSA) is 17.8 Å². The van der Waals surface area contributed by atoms with E-state index in [2.05, 4.69) is 132 Å². The molecule has 0 unspecified atom stereocenters. The van der Waals surface area contributed by atoms with Gasteiger partial charge in [0.05, 0.1) is 5.69 Å². The van der Waals surface area contributed by atoms with E-state index in [0.29, 0.717) is 11.8 Å². The summed E-state index contributed by atoms with van der Waals surface area (Å²) < 4.78 is 2.47. The molecule has 34 heavy (non-hydrogen) atoms. The Hall–Kier alpha value is -3.13. The normalized spacial score (nSPS) is 12.0. The lowest BCUT2D eigenvalue weighted by Crippen LogP contribution is -2.22. The van der Waals surface area contributed by atoms with Crippen LogP contribution in [0.15, 0.2) is 79.0 Å². The summed E-state index contributed by atoms with van der Waals surface area (Å²) in [6.07, 6.45) is 3.15. The molecule has 0 amide bonds. The van der Waals surface area contributed by atoms with E-state index in [1.165, 1.54) is 33.6 Å². The molecule has 0 atom stereocenters. The Morgan fingerprint density at radius 1 is 0.735 bits per heavy atom. The van der Waals surface area contributed by atoms with Gasteiger partial charge in [-0.05, 0) is 52.6 Å². The molecule has 0 fully saturated rings. The molecule has 4 rings (SSSR count). The summed E-state index contributed by atoms with van der Waals surface area (Å²) >= 11 is 0. The van der Waals surface area contributed by atoms with Gasteiger partial charge in [0.2, 0.25) is 0 Å². The van der Waals surface area contributed by atoms with Crippen LogP contribution in [0.5, 0.6) is 0 Å². The highest BCUT2D eigenvalue weighted by Crippen LogP contribution is 2.41. The molecule has 0 aliphatic carbocycles. The Bertz CT molecular complexity index is 1220. The zero-order valence-corrected chi connectivity index (χ0v) is 21.8. The largest absolute Gasteiger partial charge is 0.296 e. The van der Waals surface area contributed by atoms with Gasteiger partial charge in [0.25, 0.3) is 0 Å². The van der Waals surface area contributed by atoms with Crippen molar-refractivity contribution in [3.8, 4) is 28.2 Å². The number of nitrogens with zero attached hydrogens (tertiary/aromatic N) is 2. The minimum absolute atomic E-state index is 0.000626. The van der Waals surface area contributed by atoms with Crippen LogP contribution in [0, 0.1) is 0 Å². The predicted octanol–water partition coefficient (Wildman–Crippen LogP) is 9.14. The Kier molecular flexibility index (Phi) is 6.79. The van der Waals surface area contributed by atoms with Gasteiger partial charge in [-0.25, -0.2) is 4.98 Å². The van der Waals surface area contributed by atoms with E-state index in [1.54, 1.807) is 0 Å². The molecule has 4 aromatic rings. The third-order valence-corrected chi connectivity index (χ3v) is 7.11. The van der Waals surface area contributed by atoms with Crippen molar-refractivity contribution in [2.24, 2.45) is 0 Å². The van der Waals surface area contributed by atoms with Crippen LogP contribution in [-0.4, -0.2) is 9.55 Å². The van der Waals surface area contributed by atoms with Gasteiger partial charge in [-0.1, -0.05) is 109 Å². The Morgan fingerprint density at radius 3 is 1.71 bits per heavy atom. The van der Waals surface area contributed by atoms with Crippen molar-refractivity contribution in [1.82, 2.24) is 9.55 Å². The van der Waals surface area contributed by atoms with Crippen molar-refractivity contribution in [2.45, 2.75) is 72.1 Å². The third kappa shape index (κ3) is 4.46. The van der Waals surface area contributed by atoms with Gasteiger partial charge in [-0.15, -0.1) is 0 Å². The van der Waals surface area contributed by atoms with Crippen molar-refractivity contribution >= 4 is 0 Å². The average Bonchev–Trinajstić information content (AvgIpc) is 3.30. The summed E-state index contributed by atoms with van der Waals surface area (Å²) in [6.45, 7) is 16.2. The van der Waals surface area contributed by atoms with Crippen LogP contribution < -0.4 is 0 Å². The number of hydrogen-bond acceptors (Lipinski definition) is 1. The fraction of sp³-hybridized carbons (Fsp3) is 0.344. The first-order chi connectivity index (χ1) is 16.2. The standard InChI is InChI=1S/C32H38N2/c1-8-32(6,7)29-21-33-31(25-17-13-10-14-18-25)34(29)30-27(22(2)3)19-26(20-28(30)23(4)5)24-15-11-9-12-16-24/h9-23H,8H2,1-7H3. The summed E-state index contributed by atoms with van der Waals surface area (Å²) in [7, 11) is 0. The number of rotatable bonds is 7. The molecule has 0 aliphatic rings. The first-order valence-corrected chi connectivity index (χ1v) is 12.6. The maximum Gasteiger partial charge on any atom is 0.144 e. The van der Waals surface area contributed by atoms with Gasteiger partial charge in [0, 0.05) is 22.9 Å². The summed E-state index contributed by atoms with van der Waals surface area (Å²) in [4.78, 5) is 5.02. The highest BCUT2D eigenvalue weighted by Gasteiger charge is 2.29. The zero-order valence-electron chi connectivity index (χ0n) is 21.8. The summed E-state index contributed by atoms with van der Waals surface area (Å²) in [5.41, 5.74) is 9.01.